The summed E-state index contributed by atoms with van der Waals surface area (Å²) in [5.74, 6) is 1.49. The molecule has 160 valence electrons. The average molecular weight is 412 g/mol. The van der Waals surface area contributed by atoms with Gasteiger partial charge >= 0.3 is 0 Å². The van der Waals surface area contributed by atoms with Crippen LogP contribution < -0.4 is 15.2 Å². The second-order valence-electron chi connectivity index (χ2n) is 8.07. The molecule has 1 fully saturated rings. The Bertz CT molecular complexity index is 891. The Labute approximate surface area is 176 Å². The van der Waals surface area contributed by atoms with Gasteiger partial charge in [-0.25, -0.2) is 0 Å². The van der Waals surface area contributed by atoms with Crippen molar-refractivity contribution in [3.63, 3.8) is 0 Å². The molecule has 7 heteroatoms. The molecule has 0 aromatic heterocycles. The highest BCUT2D eigenvalue weighted by atomic mass is 16.5. The molecule has 7 nitrogen and oxygen atoms in total. The van der Waals surface area contributed by atoms with E-state index in [0.717, 1.165) is 24.2 Å². The van der Waals surface area contributed by atoms with Crippen molar-refractivity contribution in [2.75, 3.05) is 32.9 Å². The minimum Gasteiger partial charge on any atom is -0.492 e. The van der Waals surface area contributed by atoms with Gasteiger partial charge in [-0.2, -0.15) is 0 Å². The van der Waals surface area contributed by atoms with E-state index in [9.17, 15) is 9.90 Å². The topological polar surface area (TPSA) is 105 Å². The minimum atomic E-state index is -0.919. The maximum atomic E-state index is 12.9. The number of carbonyl (C=O) groups is 1. The molecule has 2 aromatic rings. The third-order valence-corrected chi connectivity index (χ3v) is 6.12. The van der Waals surface area contributed by atoms with E-state index in [4.69, 9.17) is 20.3 Å². The lowest BCUT2D eigenvalue weighted by molar-refractivity contribution is 0.0535. The summed E-state index contributed by atoms with van der Waals surface area (Å²) in [6.07, 6.45) is 0.803. The van der Waals surface area contributed by atoms with E-state index >= 15 is 0 Å². The predicted octanol–water partition coefficient (Wildman–Crippen LogP) is 1.44. The van der Waals surface area contributed by atoms with E-state index in [1.54, 1.807) is 24.3 Å². The molecule has 1 unspecified atom stereocenters. The van der Waals surface area contributed by atoms with Gasteiger partial charge in [-0.3, -0.25) is 4.79 Å². The summed E-state index contributed by atoms with van der Waals surface area (Å²) in [4.78, 5) is 14.8. The summed E-state index contributed by atoms with van der Waals surface area (Å²) < 4.78 is 11.3. The van der Waals surface area contributed by atoms with Gasteiger partial charge in [-0.05, 0) is 48.7 Å². The number of aliphatic hydroxyl groups is 2. The SMILES string of the molecule is NCc1ccc2c(c1)C1(CCN(C(=O)c3ccc(OCC(O)CO)cc3)CC1)CO2. The van der Waals surface area contributed by atoms with Crippen molar-refractivity contribution < 1.29 is 24.5 Å². The number of piperidine rings is 1. The average Bonchev–Trinajstić information content (AvgIpc) is 3.15. The van der Waals surface area contributed by atoms with Crippen molar-refractivity contribution in [1.82, 2.24) is 4.90 Å². The Morgan fingerprint density at radius 2 is 1.93 bits per heavy atom. The zero-order chi connectivity index (χ0) is 21.1. The Morgan fingerprint density at radius 1 is 1.20 bits per heavy atom. The monoisotopic (exact) mass is 412 g/mol. The number of fused-ring (bicyclic) bond motifs is 2. The number of nitrogens with zero attached hydrogens (tertiary/aromatic N) is 1. The summed E-state index contributed by atoms with van der Waals surface area (Å²) in [5, 5.41) is 18.2. The summed E-state index contributed by atoms with van der Waals surface area (Å²) in [7, 11) is 0. The number of benzene rings is 2. The number of hydrogen-bond acceptors (Lipinski definition) is 6. The first kappa shape index (κ1) is 20.7. The summed E-state index contributed by atoms with van der Waals surface area (Å²) in [5.41, 5.74) is 8.71. The number of likely N-dealkylation sites (tertiary alicyclic amines) is 1. The molecule has 1 atom stereocenters. The molecule has 0 aliphatic carbocycles. The van der Waals surface area contributed by atoms with Crippen LogP contribution in [-0.4, -0.2) is 60.0 Å². The van der Waals surface area contributed by atoms with Crippen molar-refractivity contribution in [3.8, 4) is 11.5 Å². The molecular formula is C23H28N2O5. The fraction of sp³-hybridized carbons (Fsp3) is 0.435. The van der Waals surface area contributed by atoms with Crippen molar-refractivity contribution in [2.24, 2.45) is 5.73 Å². The molecule has 4 N–H and O–H groups in total. The maximum Gasteiger partial charge on any atom is 0.253 e. The van der Waals surface area contributed by atoms with Crippen LogP contribution >= 0.6 is 0 Å². The number of nitrogens with two attached hydrogens (primary N) is 1. The molecule has 2 aliphatic heterocycles. The van der Waals surface area contributed by atoms with E-state index < -0.39 is 6.10 Å². The van der Waals surface area contributed by atoms with Gasteiger partial charge in [0.15, 0.2) is 0 Å². The Balaban J connectivity index is 1.39. The minimum absolute atomic E-state index is 0.00152. The number of hydrogen-bond donors (Lipinski definition) is 3. The number of carbonyl (C=O) groups excluding carboxylic acids is 1. The fourth-order valence-electron chi connectivity index (χ4n) is 4.21. The van der Waals surface area contributed by atoms with Gasteiger partial charge in [-0.15, -0.1) is 0 Å². The molecule has 30 heavy (non-hydrogen) atoms. The first-order valence-electron chi connectivity index (χ1n) is 10.3. The van der Waals surface area contributed by atoms with E-state index in [1.165, 1.54) is 5.56 Å². The van der Waals surface area contributed by atoms with Crippen molar-refractivity contribution >= 4 is 5.91 Å². The summed E-state index contributed by atoms with van der Waals surface area (Å²) >= 11 is 0. The van der Waals surface area contributed by atoms with Gasteiger partial charge in [0, 0.05) is 36.2 Å². The largest absolute Gasteiger partial charge is 0.492 e. The second kappa shape index (κ2) is 8.63. The molecular weight excluding hydrogens is 384 g/mol. The van der Waals surface area contributed by atoms with Crippen LogP contribution in [0, 0.1) is 0 Å². The quantitative estimate of drug-likeness (QED) is 0.663. The molecule has 1 amide bonds. The molecule has 2 heterocycles. The van der Waals surface area contributed by atoms with Gasteiger partial charge in [0.05, 0.1) is 13.2 Å². The molecule has 2 aromatic carbocycles. The molecule has 1 spiro atoms. The number of ether oxygens (including phenoxy) is 2. The van der Waals surface area contributed by atoms with E-state index in [-0.39, 0.29) is 24.5 Å². The van der Waals surface area contributed by atoms with Gasteiger partial charge in [0.2, 0.25) is 0 Å². The van der Waals surface area contributed by atoms with Crippen LogP contribution in [0.15, 0.2) is 42.5 Å². The van der Waals surface area contributed by atoms with Crippen LogP contribution in [0.25, 0.3) is 0 Å². The number of rotatable bonds is 6. The first-order chi connectivity index (χ1) is 14.5. The van der Waals surface area contributed by atoms with Gasteiger partial charge in [-0.1, -0.05) is 12.1 Å². The highest BCUT2D eigenvalue weighted by molar-refractivity contribution is 5.94. The van der Waals surface area contributed by atoms with E-state index in [1.807, 2.05) is 17.0 Å². The van der Waals surface area contributed by atoms with Crippen molar-refractivity contribution in [2.45, 2.75) is 30.9 Å². The Morgan fingerprint density at radius 3 is 2.60 bits per heavy atom. The second-order valence-corrected chi connectivity index (χ2v) is 8.07. The standard InChI is InChI=1S/C23H28N2O5/c24-12-16-1-6-21-20(11-16)23(15-30-21)7-9-25(10-8-23)22(28)17-2-4-19(5-3-17)29-14-18(27)13-26/h1-6,11,18,26-27H,7-10,12-15,24H2. The molecule has 0 saturated carbocycles. The number of aliphatic hydroxyl groups excluding tert-OH is 2. The maximum absolute atomic E-state index is 12.9. The lowest BCUT2D eigenvalue weighted by atomic mass is 9.74. The predicted molar refractivity (Wildman–Crippen MR) is 112 cm³/mol. The fourth-order valence-corrected chi connectivity index (χ4v) is 4.21. The van der Waals surface area contributed by atoms with E-state index in [0.29, 0.717) is 37.6 Å². The smallest absolute Gasteiger partial charge is 0.253 e. The lowest BCUT2D eigenvalue weighted by Gasteiger charge is -2.38. The van der Waals surface area contributed by atoms with Crippen LogP contribution in [0.1, 0.15) is 34.3 Å². The van der Waals surface area contributed by atoms with Gasteiger partial charge in [0.25, 0.3) is 5.91 Å². The normalized spacial score (nSPS) is 18.0. The Hall–Kier alpha value is -2.61. The zero-order valence-electron chi connectivity index (χ0n) is 16.9. The van der Waals surface area contributed by atoms with Crippen LogP contribution in [0.4, 0.5) is 0 Å². The van der Waals surface area contributed by atoms with Gasteiger partial charge < -0.3 is 30.3 Å². The van der Waals surface area contributed by atoms with Crippen LogP contribution in [0.5, 0.6) is 11.5 Å². The van der Waals surface area contributed by atoms with Gasteiger partial charge in [0.1, 0.15) is 24.2 Å². The lowest BCUT2D eigenvalue weighted by Crippen LogP contribution is -2.46. The molecule has 1 saturated heterocycles. The Kier molecular flexibility index (Phi) is 5.94. The summed E-state index contributed by atoms with van der Waals surface area (Å²) in [6.45, 7) is 2.17. The zero-order valence-corrected chi connectivity index (χ0v) is 16.9. The third-order valence-electron chi connectivity index (χ3n) is 6.12. The molecule has 4 rings (SSSR count). The van der Waals surface area contributed by atoms with Crippen LogP contribution in [-0.2, 0) is 12.0 Å². The third kappa shape index (κ3) is 4.01. The highest BCUT2D eigenvalue weighted by Gasteiger charge is 2.43. The molecule has 0 radical (unpaired) electrons. The van der Waals surface area contributed by atoms with Crippen molar-refractivity contribution in [3.05, 3.63) is 59.2 Å². The van der Waals surface area contributed by atoms with Crippen molar-refractivity contribution in [1.29, 1.82) is 0 Å². The molecule has 0 bridgehead atoms. The molecule has 2 aliphatic rings. The summed E-state index contributed by atoms with van der Waals surface area (Å²) in [6, 6.07) is 13.0. The highest BCUT2D eigenvalue weighted by Crippen LogP contribution is 2.46. The van der Waals surface area contributed by atoms with Crippen LogP contribution in [0.3, 0.4) is 0 Å². The first-order valence-corrected chi connectivity index (χ1v) is 10.3. The van der Waals surface area contributed by atoms with E-state index in [2.05, 4.69) is 6.07 Å². The number of amides is 1. The van der Waals surface area contributed by atoms with Crippen LogP contribution in [0.2, 0.25) is 0 Å².